The van der Waals surface area contributed by atoms with Gasteiger partial charge in [0.15, 0.2) is 0 Å². The average Bonchev–Trinajstić information content (AvgIpc) is 3.29. The summed E-state index contributed by atoms with van der Waals surface area (Å²) in [4.78, 5) is 21.2. The molecule has 0 aliphatic carbocycles. The predicted octanol–water partition coefficient (Wildman–Crippen LogP) is 5.04. The van der Waals surface area contributed by atoms with Gasteiger partial charge in [-0.15, -0.1) is 0 Å². The Kier molecular flexibility index (Phi) is 6.34. The first-order valence-electron chi connectivity index (χ1n) is 11.2. The molecule has 172 valence electrons. The summed E-state index contributed by atoms with van der Waals surface area (Å²) in [5.41, 5.74) is 10.1. The van der Waals surface area contributed by atoms with Crippen LogP contribution in [0.1, 0.15) is 27.9 Å². The molecule has 0 atom stereocenters. The molecule has 6 nitrogen and oxygen atoms in total. The molecule has 0 fully saturated rings. The predicted molar refractivity (Wildman–Crippen MR) is 140 cm³/mol. The summed E-state index contributed by atoms with van der Waals surface area (Å²) in [6.45, 7) is 1.36. The number of aryl methyl sites for hydroxylation is 1. The molecule has 7 heteroatoms. The first-order chi connectivity index (χ1) is 17.1. The molecule has 0 spiro atoms. The molecule has 0 saturated carbocycles. The van der Waals surface area contributed by atoms with Gasteiger partial charge in [-0.25, -0.2) is 9.97 Å². The second-order valence-corrected chi connectivity index (χ2v) is 8.55. The highest BCUT2D eigenvalue weighted by Crippen LogP contribution is 2.25. The molecular formula is C28H22ClN5O. The zero-order chi connectivity index (χ0) is 24.2. The number of anilines is 1. The number of nitrogens with zero attached hydrogens (tertiary/aromatic N) is 3. The van der Waals surface area contributed by atoms with Crippen LogP contribution in [-0.2, 0) is 6.54 Å². The number of imidazole rings is 1. The van der Waals surface area contributed by atoms with E-state index >= 15 is 0 Å². The maximum Gasteiger partial charge on any atom is 0.251 e. The number of fused-ring (bicyclic) bond motifs is 2. The van der Waals surface area contributed by atoms with E-state index in [1.807, 2.05) is 60.9 Å². The highest BCUT2D eigenvalue weighted by atomic mass is 35.5. The van der Waals surface area contributed by atoms with Gasteiger partial charge in [-0.3, -0.25) is 4.79 Å². The lowest BCUT2D eigenvalue weighted by atomic mass is 10.1. The van der Waals surface area contributed by atoms with Crippen molar-refractivity contribution in [3.8, 4) is 11.8 Å². The molecule has 0 radical (unpaired) electrons. The fourth-order valence-electron chi connectivity index (χ4n) is 3.91. The summed E-state index contributed by atoms with van der Waals surface area (Å²) in [6.07, 6.45) is 4.35. The molecule has 1 amide bonds. The van der Waals surface area contributed by atoms with Crippen LogP contribution in [0.4, 0.5) is 5.82 Å². The molecule has 0 saturated heterocycles. The summed E-state index contributed by atoms with van der Waals surface area (Å²) in [6, 6.07) is 20.7. The third kappa shape index (κ3) is 4.96. The Balaban J connectivity index is 1.21. The van der Waals surface area contributed by atoms with Gasteiger partial charge in [0.05, 0.1) is 22.9 Å². The maximum atomic E-state index is 12.5. The van der Waals surface area contributed by atoms with Gasteiger partial charge >= 0.3 is 0 Å². The number of hydrogen-bond donors (Lipinski definition) is 2. The zero-order valence-corrected chi connectivity index (χ0v) is 19.6. The van der Waals surface area contributed by atoms with E-state index in [0.29, 0.717) is 28.5 Å². The molecule has 0 aliphatic heterocycles. The topological polar surface area (TPSA) is 85.8 Å². The van der Waals surface area contributed by atoms with Crippen molar-refractivity contribution >= 4 is 45.1 Å². The first kappa shape index (κ1) is 22.5. The van der Waals surface area contributed by atoms with Crippen LogP contribution in [0.3, 0.4) is 0 Å². The van der Waals surface area contributed by atoms with Gasteiger partial charge in [0, 0.05) is 46.2 Å². The van der Waals surface area contributed by atoms with E-state index in [9.17, 15) is 4.79 Å². The van der Waals surface area contributed by atoms with Crippen LogP contribution >= 0.6 is 11.6 Å². The van der Waals surface area contributed by atoms with E-state index in [1.165, 1.54) is 0 Å². The molecule has 5 aromatic rings. The average molecular weight is 480 g/mol. The number of halogens is 1. The van der Waals surface area contributed by atoms with Crippen molar-refractivity contribution in [2.75, 3.05) is 12.3 Å². The zero-order valence-electron chi connectivity index (χ0n) is 18.8. The SMILES string of the molecule is Nc1ncc2ccc(Cl)cc2c1C#Cc1ccc(C(=O)NCCCn2cnc3ccccc32)cc1. The Morgan fingerprint density at radius 2 is 1.86 bits per heavy atom. The molecule has 5 rings (SSSR count). The Bertz CT molecular complexity index is 1590. The van der Waals surface area contributed by atoms with E-state index in [4.69, 9.17) is 17.3 Å². The largest absolute Gasteiger partial charge is 0.383 e. The van der Waals surface area contributed by atoms with Gasteiger partial charge in [0.1, 0.15) is 5.82 Å². The van der Waals surface area contributed by atoms with E-state index in [2.05, 4.69) is 31.7 Å². The van der Waals surface area contributed by atoms with Crippen molar-refractivity contribution in [1.29, 1.82) is 0 Å². The van der Waals surface area contributed by atoms with Crippen LogP contribution in [0, 0.1) is 11.8 Å². The molecule has 35 heavy (non-hydrogen) atoms. The maximum absolute atomic E-state index is 12.5. The van der Waals surface area contributed by atoms with Crippen molar-refractivity contribution in [3.05, 3.63) is 101 Å². The lowest BCUT2D eigenvalue weighted by Crippen LogP contribution is -2.25. The fourth-order valence-corrected chi connectivity index (χ4v) is 4.08. The molecular weight excluding hydrogens is 458 g/mol. The standard InChI is InChI=1S/C28H22ClN5O/c29-22-12-11-21-17-32-27(30)23(24(21)16-22)13-8-19-6-9-20(10-7-19)28(35)31-14-3-15-34-18-33-25-4-1-2-5-26(25)34/h1-2,4-7,9-12,16-18H,3,14-15H2,(H2,30,32)(H,31,35). The lowest BCUT2D eigenvalue weighted by molar-refractivity contribution is 0.0953. The van der Waals surface area contributed by atoms with Crippen molar-refractivity contribution in [1.82, 2.24) is 19.9 Å². The van der Waals surface area contributed by atoms with Crippen molar-refractivity contribution in [3.63, 3.8) is 0 Å². The van der Waals surface area contributed by atoms with E-state index in [-0.39, 0.29) is 5.91 Å². The number of pyridine rings is 1. The molecule has 2 heterocycles. The van der Waals surface area contributed by atoms with E-state index < -0.39 is 0 Å². The number of benzene rings is 3. The highest BCUT2D eigenvalue weighted by molar-refractivity contribution is 6.31. The summed E-state index contributed by atoms with van der Waals surface area (Å²) < 4.78 is 2.10. The number of rotatable bonds is 5. The molecule has 2 aromatic heterocycles. The van der Waals surface area contributed by atoms with Crippen LogP contribution < -0.4 is 11.1 Å². The third-order valence-electron chi connectivity index (χ3n) is 5.75. The Morgan fingerprint density at radius 1 is 1.03 bits per heavy atom. The Hall–Kier alpha value is -4.34. The number of aromatic nitrogens is 3. The minimum Gasteiger partial charge on any atom is -0.383 e. The number of nitrogens with one attached hydrogen (secondary N) is 1. The minimum atomic E-state index is -0.114. The summed E-state index contributed by atoms with van der Waals surface area (Å²) in [5.74, 6) is 6.46. The summed E-state index contributed by atoms with van der Waals surface area (Å²) in [5, 5.41) is 5.36. The number of carbonyl (C=O) groups is 1. The van der Waals surface area contributed by atoms with E-state index in [0.717, 1.165) is 40.3 Å². The Morgan fingerprint density at radius 3 is 2.71 bits per heavy atom. The van der Waals surface area contributed by atoms with Crippen LogP contribution in [0.5, 0.6) is 0 Å². The molecule has 0 unspecified atom stereocenters. The van der Waals surface area contributed by atoms with Crippen molar-refractivity contribution in [2.45, 2.75) is 13.0 Å². The number of nitrogen functional groups attached to an aromatic ring is 1. The first-order valence-corrected chi connectivity index (χ1v) is 11.6. The van der Waals surface area contributed by atoms with Gasteiger partial charge in [-0.2, -0.15) is 0 Å². The smallest absolute Gasteiger partial charge is 0.251 e. The van der Waals surface area contributed by atoms with Crippen LogP contribution in [0.15, 0.2) is 79.3 Å². The second-order valence-electron chi connectivity index (χ2n) is 8.11. The number of carbonyl (C=O) groups excluding carboxylic acids is 1. The number of nitrogens with two attached hydrogens (primary N) is 1. The molecule has 3 aromatic carbocycles. The lowest BCUT2D eigenvalue weighted by Gasteiger charge is -2.07. The number of hydrogen-bond acceptors (Lipinski definition) is 4. The third-order valence-corrected chi connectivity index (χ3v) is 5.99. The van der Waals surface area contributed by atoms with Crippen LogP contribution in [0.25, 0.3) is 21.8 Å². The Labute approximate surface area is 207 Å². The minimum absolute atomic E-state index is 0.114. The fraction of sp³-hybridized carbons (Fsp3) is 0.107. The number of para-hydroxylation sites is 2. The monoisotopic (exact) mass is 479 g/mol. The van der Waals surface area contributed by atoms with Crippen LogP contribution in [0.2, 0.25) is 5.02 Å². The molecule has 3 N–H and O–H groups in total. The summed E-state index contributed by atoms with van der Waals surface area (Å²) in [7, 11) is 0. The van der Waals surface area contributed by atoms with E-state index in [1.54, 1.807) is 18.3 Å². The van der Waals surface area contributed by atoms with Crippen molar-refractivity contribution < 1.29 is 4.79 Å². The molecule has 0 bridgehead atoms. The number of amides is 1. The quantitative estimate of drug-likeness (QED) is 0.273. The normalized spacial score (nSPS) is 10.8. The van der Waals surface area contributed by atoms with Gasteiger partial charge in [-0.05, 0) is 55.0 Å². The van der Waals surface area contributed by atoms with Crippen LogP contribution in [-0.4, -0.2) is 27.0 Å². The van der Waals surface area contributed by atoms with Gasteiger partial charge in [0.25, 0.3) is 5.91 Å². The van der Waals surface area contributed by atoms with Gasteiger partial charge < -0.3 is 15.6 Å². The molecule has 0 aliphatic rings. The summed E-state index contributed by atoms with van der Waals surface area (Å²) >= 11 is 6.15. The van der Waals surface area contributed by atoms with Gasteiger partial charge in [0.2, 0.25) is 0 Å². The van der Waals surface area contributed by atoms with Gasteiger partial charge in [-0.1, -0.05) is 41.6 Å². The highest BCUT2D eigenvalue weighted by Gasteiger charge is 2.07. The second kappa shape index (κ2) is 9.88. The van der Waals surface area contributed by atoms with Crippen molar-refractivity contribution in [2.24, 2.45) is 0 Å².